The molecule has 1 aliphatic rings. The van der Waals surface area contributed by atoms with Gasteiger partial charge in [0.1, 0.15) is 5.75 Å². The lowest BCUT2D eigenvalue weighted by molar-refractivity contribution is 0.0773. The first kappa shape index (κ1) is 15.1. The van der Waals surface area contributed by atoms with E-state index in [-0.39, 0.29) is 5.92 Å². The molecule has 5 heteroatoms. The van der Waals surface area contributed by atoms with Crippen LogP contribution >= 0.6 is 0 Å². The van der Waals surface area contributed by atoms with Crippen molar-refractivity contribution in [2.45, 2.75) is 25.7 Å². The molecule has 1 saturated heterocycles. The van der Waals surface area contributed by atoms with E-state index >= 15 is 0 Å². The first-order valence-electron chi connectivity index (χ1n) is 8.43. The van der Waals surface area contributed by atoms with Crippen LogP contribution in [0.15, 0.2) is 40.9 Å². The highest BCUT2D eigenvalue weighted by Gasteiger charge is 2.24. The Hall–Kier alpha value is -2.40. The van der Waals surface area contributed by atoms with Gasteiger partial charge in [-0.05, 0) is 36.6 Å². The summed E-state index contributed by atoms with van der Waals surface area (Å²) in [4.78, 5) is 4.66. The number of hydrogen-bond donors (Lipinski definition) is 0. The van der Waals surface area contributed by atoms with E-state index in [0.717, 1.165) is 47.4 Å². The number of fused-ring (bicyclic) bond motifs is 1. The van der Waals surface area contributed by atoms with Crippen molar-refractivity contribution in [3.8, 4) is 17.2 Å². The number of rotatable bonds is 4. The summed E-state index contributed by atoms with van der Waals surface area (Å²) in [6.07, 6.45) is 2.07. The van der Waals surface area contributed by atoms with Crippen LogP contribution in [0.3, 0.4) is 0 Å². The second-order valence-corrected chi connectivity index (χ2v) is 5.96. The fourth-order valence-electron chi connectivity index (χ4n) is 3.19. The van der Waals surface area contributed by atoms with Crippen molar-refractivity contribution in [2.75, 3.05) is 19.8 Å². The van der Waals surface area contributed by atoms with Gasteiger partial charge in [-0.25, -0.2) is 0 Å². The smallest absolute Gasteiger partial charge is 0.262 e. The van der Waals surface area contributed by atoms with Crippen molar-refractivity contribution >= 4 is 10.8 Å². The Balaban J connectivity index is 1.80. The summed E-state index contributed by atoms with van der Waals surface area (Å²) in [5, 5.41) is 6.38. The average Bonchev–Trinajstić information content (AvgIpc) is 3.12. The minimum atomic E-state index is 0.210. The maximum Gasteiger partial charge on any atom is 0.262 e. The minimum Gasteiger partial charge on any atom is -0.493 e. The molecule has 0 bridgehead atoms. The van der Waals surface area contributed by atoms with Crippen molar-refractivity contribution < 1.29 is 14.0 Å². The third-order valence-corrected chi connectivity index (χ3v) is 4.37. The van der Waals surface area contributed by atoms with Crippen molar-refractivity contribution in [3.05, 3.63) is 42.2 Å². The zero-order valence-electron chi connectivity index (χ0n) is 13.7. The van der Waals surface area contributed by atoms with Gasteiger partial charge in [0.05, 0.1) is 18.8 Å². The Morgan fingerprint density at radius 2 is 2.12 bits per heavy atom. The second kappa shape index (κ2) is 6.61. The first-order chi connectivity index (χ1) is 11.9. The molecule has 0 N–H and O–H groups in total. The molecule has 1 unspecified atom stereocenters. The molecule has 1 fully saturated rings. The number of nitrogens with zero attached hydrogens (tertiary/aromatic N) is 2. The third-order valence-electron chi connectivity index (χ3n) is 4.37. The molecule has 0 saturated carbocycles. The molecule has 2 aromatic carbocycles. The zero-order valence-corrected chi connectivity index (χ0v) is 13.7. The second-order valence-electron chi connectivity index (χ2n) is 5.96. The summed E-state index contributed by atoms with van der Waals surface area (Å²) in [7, 11) is 0. The Bertz CT molecular complexity index is 837. The van der Waals surface area contributed by atoms with Gasteiger partial charge in [0.15, 0.2) is 5.82 Å². The van der Waals surface area contributed by atoms with Crippen LogP contribution in [0.25, 0.3) is 22.2 Å². The fraction of sp³-hybridized carbons (Fsp3) is 0.368. The van der Waals surface area contributed by atoms with Crippen molar-refractivity contribution in [1.82, 2.24) is 10.1 Å². The topological polar surface area (TPSA) is 57.4 Å². The Kier molecular flexibility index (Phi) is 4.17. The number of ether oxygens (including phenoxy) is 2. The van der Waals surface area contributed by atoms with E-state index in [4.69, 9.17) is 14.0 Å². The van der Waals surface area contributed by atoms with Crippen LogP contribution in [0.4, 0.5) is 0 Å². The van der Waals surface area contributed by atoms with Gasteiger partial charge in [-0.1, -0.05) is 35.5 Å². The van der Waals surface area contributed by atoms with E-state index in [1.807, 2.05) is 25.1 Å². The van der Waals surface area contributed by atoms with Crippen molar-refractivity contribution in [1.29, 1.82) is 0 Å². The largest absolute Gasteiger partial charge is 0.493 e. The highest BCUT2D eigenvalue weighted by Crippen LogP contribution is 2.37. The van der Waals surface area contributed by atoms with Gasteiger partial charge in [-0.3, -0.25) is 0 Å². The number of aromatic nitrogens is 2. The van der Waals surface area contributed by atoms with Crippen LogP contribution in [0, 0.1) is 0 Å². The van der Waals surface area contributed by atoms with Crippen LogP contribution in [0.2, 0.25) is 0 Å². The number of hydrogen-bond acceptors (Lipinski definition) is 5. The van der Waals surface area contributed by atoms with Gasteiger partial charge >= 0.3 is 0 Å². The molecule has 24 heavy (non-hydrogen) atoms. The van der Waals surface area contributed by atoms with E-state index in [0.29, 0.717) is 19.1 Å². The lowest BCUT2D eigenvalue weighted by Crippen LogP contribution is -2.16. The van der Waals surface area contributed by atoms with E-state index in [1.165, 1.54) is 0 Å². The summed E-state index contributed by atoms with van der Waals surface area (Å²) in [5.74, 6) is 2.21. The fourth-order valence-corrected chi connectivity index (χ4v) is 3.19. The Morgan fingerprint density at radius 3 is 2.96 bits per heavy atom. The summed E-state index contributed by atoms with van der Waals surface area (Å²) in [6.45, 7) is 4.03. The van der Waals surface area contributed by atoms with E-state index in [1.54, 1.807) is 0 Å². The van der Waals surface area contributed by atoms with Crippen LogP contribution in [-0.2, 0) is 4.74 Å². The molecule has 1 aliphatic heterocycles. The van der Waals surface area contributed by atoms with Gasteiger partial charge in [0.2, 0.25) is 0 Å². The summed E-state index contributed by atoms with van der Waals surface area (Å²) in [5.41, 5.74) is 0.866. The van der Waals surface area contributed by atoms with E-state index < -0.39 is 0 Å². The Morgan fingerprint density at radius 1 is 1.21 bits per heavy atom. The molecule has 3 aromatic rings. The van der Waals surface area contributed by atoms with Crippen molar-refractivity contribution in [3.63, 3.8) is 0 Å². The van der Waals surface area contributed by atoms with Crippen molar-refractivity contribution in [2.24, 2.45) is 0 Å². The third kappa shape index (κ3) is 2.76. The van der Waals surface area contributed by atoms with Gasteiger partial charge in [0, 0.05) is 12.5 Å². The first-order valence-corrected chi connectivity index (χ1v) is 8.43. The molecule has 124 valence electrons. The molecule has 4 rings (SSSR count). The highest BCUT2D eigenvalue weighted by molar-refractivity contribution is 5.97. The standard InChI is InChI=1S/C19H20N2O3/c1-2-23-16-10-9-13-6-3-4-8-15(13)17(16)19-20-18(21-24-19)14-7-5-11-22-12-14/h3-4,6,8-10,14H,2,5,7,11-12H2,1H3. The lowest BCUT2D eigenvalue weighted by atomic mass is 10.0. The Labute approximate surface area is 140 Å². The molecular weight excluding hydrogens is 304 g/mol. The molecule has 5 nitrogen and oxygen atoms in total. The average molecular weight is 324 g/mol. The van der Waals surface area contributed by atoms with Gasteiger partial charge in [-0.2, -0.15) is 4.98 Å². The monoisotopic (exact) mass is 324 g/mol. The summed E-state index contributed by atoms with van der Waals surface area (Å²) < 4.78 is 16.9. The van der Waals surface area contributed by atoms with Gasteiger partial charge in [-0.15, -0.1) is 0 Å². The summed E-state index contributed by atoms with van der Waals surface area (Å²) >= 11 is 0. The lowest BCUT2D eigenvalue weighted by Gasteiger charge is -2.18. The summed E-state index contributed by atoms with van der Waals surface area (Å²) in [6, 6.07) is 12.2. The number of benzene rings is 2. The normalized spacial score (nSPS) is 18.0. The van der Waals surface area contributed by atoms with Gasteiger partial charge in [0.25, 0.3) is 5.89 Å². The van der Waals surface area contributed by atoms with E-state index in [2.05, 4.69) is 28.3 Å². The maximum atomic E-state index is 5.80. The van der Waals surface area contributed by atoms with Crippen LogP contribution in [-0.4, -0.2) is 30.0 Å². The molecule has 0 amide bonds. The quantitative estimate of drug-likeness (QED) is 0.720. The molecule has 1 atom stereocenters. The molecule has 1 aromatic heterocycles. The SMILES string of the molecule is CCOc1ccc2ccccc2c1-c1nc(C2CCCOC2)no1. The van der Waals surface area contributed by atoms with E-state index in [9.17, 15) is 0 Å². The predicted molar refractivity (Wildman–Crippen MR) is 91.2 cm³/mol. The molecule has 0 aliphatic carbocycles. The molecule has 0 spiro atoms. The molecular formula is C19H20N2O3. The minimum absolute atomic E-state index is 0.210. The molecule has 2 heterocycles. The maximum absolute atomic E-state index is 5.80. The van der Waals surface area contributed by atoms with Crippen LogP contribution < -0.4 is 4.74 Å². The van der Waals surface area contributed by atoms with Gasteiger partial charge < -0.3 is 14.0 Å². The zero-order chi connectivity index (χ0) is 16.4. The predicted octanol–water partition coefficient (Wildman–Crippen LogP) is 4.18. The molecule has 0 radical (unpaired) electrons. The van der Waals surface area contributed by atoms with Crippen LogP contribution in [0.5, 0.6) is 5.75 Å². The van der Waals surface area contributed by atoms with Crippen LogP contribution in [0.1, 0.15) is 31.5 Å². The highest BCUT2D eigenvalue weighted by atomic mass is 16.5.